The number of nitrogens with zero attached hydrogens (tertiary/aromatic N) is 1. The summed E-state index contributed by atoms with van der Waals surface area (Å²) in [6, 6.07) is 16.9. The predicted molar refractivity (Wildman–Crippen MR) is 90.5 cm³/mol. The second kappa shape index (κ2) is 5.57. The minimum atomic E-state index is -0.189. The van der Waals surface area contributed by atoms with Gasteiger partial charge in [0.05, 0.1) is 0 Å². The van der Waals surface area contributed by atoms with Crippen molar-refractivity contribution in [2.45, 2.75) is 19.3 Å². The largest absolute Gasteiger partial charge is 0.338 e. The smallest absolute Gasteiger partial charge is 0.214 e. The number of carbonyl (C=O) groups excluding carboxylic acids is 2. The molecule has 1 aliphatic carbocycles. The van der Waals surface area contributed by atoms with Gasteiger partial charge in [-0.25, -0.2) is 4.98 Å². The molecule has 1 aromatic heterocycles. The number of fused-ring (bicyclic) bond motifs is 2. The number of ketones is 2. The molecule has 1 heterocycles. The molecule has 0 saturated heterocycles. The van der Waals surface area contributed by atoms with Crippen molar-refractivity contribution < 1.29 is 9.59 Å². The summed E-state index contributed by atoms with van der Waals surface area (Å²) in [5.74, 6) is 0.344. The molecular formula is C20H16N2O2. The number of H-pyrrole nitrogens is 1. The fourth-order valence-corrected chi connectivity index (χ4v) is 3.30. The van der Waals surface area contributed by atoms with E-state index in [0.29, 0.717) is 22.6 Å². The monoisotopic (exact) mass is 316 g/mol. The van der Waals surface area contributed by atoms with E-state index >= 15 is 0 Å². The lowest BCUT2D eigenvalue weighted by atomic mass is 9.90. The number of benzene rings is 2. The Morgan fingerprint density at radius 1 is 0.917 bits per heavy atom. The van der Waals surface area contributed by atoms with Gasteiger partial charge in [0.1, 0.15) is 17.2 Å². The molecule has 118 valence electrons. The molecule has 1 atom stereocenters. The highest BCUT2D eigenvalue weighted by atomic mass is 16.1. The topological polar surface area (TPSA) is 62.8 Å². The van der Waals surface area contributed by atoms with E-state index in [0.717, 1.165) is 12.0 Å². The van der Waals surface area contributed by atoms with Gasteiger partial charge < -0.3 is 4.98 Å². The summed E-state index contributed by atoms with van der Waals surface area (Å²) in [6.45, 7) is 2.07. The Kier molecular flexibility index (Phi) is 3.38. The predicted octanol–water partition coefficient (Wildman–Crippen LogP) is 3.73. The normalized spacial score (nSPS) is 14.2. The first-order valence-corrected chi connectivity index (χ1v) is 8.04. The third kappa shape index (κ3) is 2.11. The molecule has 0 bridgehead atoms. The van der Waals surface area contributed by atoms with Crippen LogP contribution in [0, 0.1) is 0 Å². The van der Waals surface area contributed by atoms with Crippen molar-refractivity contribution in [3.63, 3.8) is 0 Å². The van der Waals surface area contributed by atoms with Crippen LogP contribution in [0.25, 0.3) is 0 Å². The summed E-state index contributed by atoms with van der Waals surface area (Å²) in [5.41, 5.74) is 2.54. The minimum Gasteiger partial charge on any atom is -0.338 e. The molecule has 4 rings (SSSR count). The summed E-state index contributed by atoms with van der Waals surface area (Å²) >= 11 is 0. The molecule has 1 aliphatic rings. The van der Waals surface area contributed by atoms with Crippen molar-refractivity contribution in [3.8, 4) is 0 Å². The van der Waals surface area contributed by atoms with Crippen LogP contribution in [0.15, 0.2) is 54.6 Å². The molecule has 1 N–H and O–H groups in total. The van der Waals surface area contributed by atoms with Crippen molar-refractivity contribution in [3.05, 3.63) is 88.5 Å². The maximum absolute atomic E-state index is 12.7. The number of imidazole rings is 1. The third-order valence-electron chi connectivity index (χ3n) is 4.52. The van der Waals surface area contributed by atoms with E-state index in [1.165, 1.54) is 0 Å². The second-order valence-corrected chi connectivity index (χ2v) is 5.92. The van der Waals surface area contributed by atoms with Gasteiger partial charge in [-0.05, 0) is 12.0 Å². The molecular weight excluding hydrogens is 300 g/mol. The first kappa shape index (κ1) is 14.6. The average molecular weight is 316 g/mol. The van der Waals surface area contributed by atoms with Crippen LogP contribution in [0.4, 0.5) is 0 Å². The van der Waals surface area contributed by atoms with Crippen LogP contribution in [-0.2, 0) is 0 Å². The van der Waals surface area contributed by atoms with Gasteiger partial charge in [-0.2, -0.15) is 0 Å². The summed E-state index contributed by atoms with van der Waals surface area (Å²) in [5, 5.41) is 0. The molecule has 0 fully saturated rings. The first-order chi connectivity index (χ1) is 11.7. The Labute approximate surface area is 139 Å². The van der Waals surface area contributed by atoms with E-state index in [9.17, 15) is 9.59 Å². The Morgan fingerprint density at radius 3 is 2.21 bits per heavy atom. The SMILES string of the molecule is CCC(c1ccccc1)c1nc2c([nH]1)C(=O)c1ccccc1C2=O. The van der Waals surface area contributed by atoms with Crippen molar-refractivity contribution in [2.75, 3.05) is 0 Å². The molecule has 2 aromatic carbocycles. The lowest BCUT2D eigenvalue weighted by Gasteiger charge is -2.12. The maximum atomic E-state index is 12.7. The zero-order chi connectivity index (χ0) is 16.7. The van der Waals surface area contributed by atoms with E-state index in [-0.39, 0.29) is 23.2 Å². The average Bonchev–Trinajstić information content (AvgIpc) is 3.07. The number of rotatable bonds is 3. The van der Waals surface area contributed by atoms with E-state index in [1.54, 1.807) is 24.3 Å². The Balaban J connectivity index is 1.83. The van der Waals surface area contributed by atoms with E-state index in [2.05, 4.69) is 16.9 Å². The maximum Gasteiger partial charge on any atom is 0.214 e. The number of aromatic amines is 1. The molecule has 3 aromatic rings. The Bertz CT molecular complexity index is 889. The number of carbonyl (C=O) groups is 2. The highest BCUT2D eigenvalue weighted by molar-refractivity contribution is 6.27. The highest BCUT2D eigenvalue weighted by Crippen LogP contribution is 2.30. The molecule has 4 nitrogen and oxygen atoms in total. The number of hydrogen-bond donors (Lipinski definition) is 1. The van der Waals surface area contributed by atoms with Gasteiger partial charge in [-0.1, -0.05) is 61.5 Å². The van der Waals surface area contributed by atoms with Crippen LogP contribution in [-0.4, -0.2) is 21.5 Å². The van der Waals surface area contributed by atoms with E-state index in [4.69, 9.17) is 0 Å². The Hall–Kier alpha value is -3.01. The zero-order valence-corrected chi connectivity index (χ0v) is 13.2. The number of hydrogen-bond acceptors (Lipinski definition) is 3. The summed E-state index contributed by atoms with van der Waals surface area (Å²) in [7, 11) is 0. The standard InChI is InChI=1S/C20H16N2O2/c1-2-13(12-8-4-3-5-9-12)20-21-16-17(22-20)19(24)15-11-7-6-10-14(15)18(16)23/h3-11,13H,2H2,1H3,(H,21,22). The summed E-state index contributed by atoms with van der Waals surface area (Å²) in [4.78, 5) is 33.0. The molecule has 24 heavy (non-hydrogen) atoms. The minimum absolute atomic E-state index is 0.0283. The third-order valence-corrected chi connectivity index (χ3v) is 4.52. The molecule has 0 saturated carbocycles. The van der Waals surface area contributed by atoms with Crippen LogP contribution >= 0.6 is 0 Å². The lowest BCUT2D eigenvalue weighted by Crippen LogP contribution is -2.20. The van der Waals surface area contributed by atoms with E-state index in [1.807, 2.05) is 30.3 Å². The van der Waals surface area contributed by atoms with Crippen LogP contribution in [0.1, 0.15) is 62.8 Å². The van der Waals surface area contributed by atoms with Gasteiger partial charge in [0.2, 0.25) is 11.6 Å². The van der Waals surface area contributed by atoms with Crippen LogP contribution in [0.5, 0.6) is 0 Å². The van der Waals surface area contributed by atoms with Gasteiger partial charge >= 0.3 is 0 Å². The second-order valence-electron chi connectivity index (χ2n) is 5.92. The van der Waals surface area contributed by atoms with Gasteiger partial charge in [0.25, 0.3) is 0 Å². The highest BCUT2D eigenvalue weighted by Gasteiger charge is 2.34. The van der Waals surface area contributed by atoms with Gasteiger partial charge in [-0.3, -0.25) is 9.59 Å². The van der Waals surface area contributed by atoms with Gasteiger partial charge in [0.15, 0.2) is 0 Å². The van der Waals surface area contributed by atoms with Crippen LogP contribution in [0.2, 0.25) is 0 Å². The van der Waals surface area contributed by atoms with E-state index < -0.39 is 0 Å². The van der Waals surface area contributed by atoms with Crippen molar-refractivity contribution >= 4 is 11.6 Å². The molecule has 0 spiro atoms. The zero-order valence-electron chi connectivity index (χ0n) is 13.2. The quantitative estimate of drug-likeness (QED) is 0.626. The van der Waals surface area contributed by atoms with Crippen LogP contribution < -0.4 is 0 Å². The van der Waals surface area contributed by atoms with Crippen molar-refractivity contribution in [2.24, 2.45) is 0 Å². The van der Waals surface area contributed by atoms with Gasteiger partial charge in [-0.15, -0.1) is 0 Å². The Morgan fingerprint density at radius 2 is 1.54 bits per heavy atom. The van der Waals surface area contributed by atoms with Gasteiger partial charge in [0, 0.05) is 17.0 Å². The number of nitrogens with one attached hydrogen (secondary N) is 1. The molecule has 0 aliphatic heterocycles. The molecule has 0 radical (unpaired) electrons. The number of aromatic nitrogens is 2. The van der Waals surface area contributed by atoms with Crippen molar-refractivity contribution in [1.82, 2.24) is 9.97 Å². The fraction of sp³-hybridized carbons (Fsp3) is 0.150. The summed E-state index contributed by atoms with van der Waals surface area (Å²) in [6.07, 6.45) is 0.825. The summed E-state index contributed by atoms with van der Waals surface area (Å²) < 4.78 is 0. The lowest BCUT2D eigenvalue weighted by molar-refractivity contribution is 0.0974. The molecule has 0 amide bonds. The molecule has 1 unspecified atom stereocenters. The first-order valence-electron chi connectivity index (χ1n) is 8.04. The van der Waals surface area contributed by atoms with Crippen LogP contribution in [0.3, 0.4) is 0 Å². The van der Waals surface area contributed by atoms with Crippen molar-refractivity contribution in [1.29, 1.82) is 0 Å². The molecule has 4 heteroatoms. The fourth-order valence-electron chi connectivity index (χ4n) is 3.30.